The largest absolute Gasteiger partial charge is 0.493 e. The fraction of sp³-hybridized carbons (Fsp3) is 0.176. The fourth-order valence-electron chi connectivity index (χ4n) is 2.26. The molecule has 0 aliphatic carbocycles. The number of esters is 1. The summed E-state index contributed by atoms with van der Waals surface area (Å²) in [5, 5.41) is 1.84. The molecule has 1 aliphatic rings. The molecule has 0 spiro atoms. The predicted octanol–water partition coefficient (Wildman–Crippen LogP) is 3.71. The molecule has 1 aliphatic heterocycles. The second-order valence-corrected chi connectivity index (χ2v) is 5.89. The van der Waals surface area contributed by atoms with Gasteiger partial charge in [0.1, 0.15) is 0 Å². The highest BCUT2D eigenvalue weighted by Crippen LogP contribution is 2.40. The van der Waals surface area contributed by atoms with Crippen LogP contribution in [0.3, 0.4) is 0 Å². The summed E-state index contributed by atoms with van der Waals surface area (Å²) in [5.41, 5.74) is 0.517. The van der Waals surface area contributed by atoms with Crippen LogP contribution in [-0.2, 0) is 9.53 Å². The first-order valence-corrected chi connectivity index (χ1v) is 8.17. The molecule has 0 bridgehead atoms. The van der Waals surface area contributed by atoms with Gasteiger partial charge in [0.05, 0.1) is 19.1 Å². The highest BCUT2D eigenvalue weighted by molar-refractivity contribution is 7.12. The maximum atomic E-state index is 12.6. The summed E-state index contributed by atoms with van der Waals surface area (Å²) in [4.78, 5) is 16.9. The Morgan fingerprint density at radius 2 is 1.92 bits per heavy atom. The van der Waals surface area contributed by atoms with Gasteiger partial charge in [-0.1, -0.05) is 6.07 Å². The highest BCUT2D eigenvalue weighted by Gasteiger charge is 2.25. The van der Waals surface area contributed by atoms with Gasteiger partial charge in [-0.15, -0.1) is 11.3 Å². The average Bonchev–Trinajstić information content (AvgIpc) is 3.25. The van der Waals surface area contributed by atoms with Gasteiger partial charge in [0.2, 0.25) is 11.6 Å². The molecular weight excluding hydrogens is 368 g/mol. The summed E-state index contributed by atoms with van der Waals surface area (Å²) in [6.07, 6.45) is 1.44. The van der Waals surface area contributed by atoms with Gasteiger partial charge in [-0.3, -0.25) is 0 Å². The number of nitrogens with zero attached hydrogens (tertiary/aromatic N) is 1. The van der Waals surface area contributed by atoms with Crippen LogP contribution in [0.5, 0.6) is 17.2 Å². The molecule has 0 amide bonds. The van der Waals surface area contributed by atoms with Crippen molar-refractivity contribution in [1.29, 1.82) is 0 Å². The van der Waals surface area contributed by atoms with Crippen LogP contribution in [0.25, 0.3) is 6.08 Å². The molecule has 1 aromatic heterocycles. The molecule has 0 atom stereocenters. The van der Waals surface area contributed by atoms with E-state index in [-0.39, 0.29) is 28.8 Å². The van der Waals surface area contributed by atoms with E-state index in [2.05, 4.69) is 9.73 Å². The second-order valence-electron chi connectivity index (χ2n) is 4.95. The van der Waals surface area contributed by atoms with Crippen molar-refractivity contribution < 1.29 is 32.5 Å². The molecule has 0 radical (unpaired) electrons. The van der Waals surface area contributed by atoms with Crippen molar-refractivity contribution in [2.45, 2.75) is 6.61 Å². The van der Waals surface area contributed by atoms with Gasteiger partial charge in [0.25, 0.3) is 0 Å². The van der Waals surface area contributed by atoms with E-state index in [1.165, 1.54) is 43.8 Å². The first-order valence-electron chi connectivity index (χ1n) is 7.29. The third-order valence-corrected chi connectivity index (χ3v) is 4.20. The number of carbonyl (C=O) groups is 1. The Balaban J connectivity index is 1.99. The maximum Gasteiger partial charge on any atom is 0.387 e. The molecular formula is C17H13F2NO5S. The van der Waals surface area contributed by atoms with Crippen molar-refractivity contribution in [1.82, 2.24) is 0 Å². The van der Waals surface area contributed by atoms with Crippen LogP contribution in [0.4, 0.5) is 8.78 Å². The fourth-order valence-corrected chi connectivity index (χ4v) is 2.91. The smallest absolute Gasteiger partial charge is 0.387 e. The summed E-state index contributed by atoms with van der Waals surface area (Å²) in [7, 11) is 2.61. The Hall–Kier alpha value is -2.94. The lowest BCUT2D eigenvalue weighted by Gasteiger charge is -2.14. The Kier molecular flexibility index (Phi) is 5.17. The number of ether oxygens (including phenoxy) is 4. The third-order valence-electron chi connectivity index (χ3n) is 3.35. The minimum Gasteiger partial charge on any atom is -0.493 e. The Morgan fingerprint density at radius 1 is 1.23 bits per heavy atom. The van der Waals surface area contributed by atoms with Crippen LogP contribution in [-0.4, -0.2) is 32.7 Å². The molecule has 0 fully saturated rings. The number of aliphatic imine (C=N–C) groups is 1. The van der Waals surface area contributed by atoms with Gasteiger partial charge in [0, 0.05) is 0 Å². The minimum atomic E-state index is -3.04. The molecule has 6 nitrogen and oxygen atoms in total. The van der Waals surface area contributed by atoms with Gasteiger partial charge >= 0.3 is 12.6 Å². The molecule has 0 unspecified atom stereocenters. The number of thiophene rings is 1. The molecule has 0 saturated carbocycles. The van der Waals surface area contributed by atoms with E-state index in [0.29, 0.717) is 5.56 Å². The number of cyclic esters (lactones) is 1. The number of hydrogen-bond acceptors (Lipinski definition) is 7. The minimum absolute atomic E-state index is 0.0327. The van der Waals surface area contributed by atoms with Crippen molar-refractivity contribution >= 4 is 29.3 Å². The van der Waals surface area contributed by atoms with Crippen LogP contribution < -0.4 is 14.2 Å². The first-order chi connectivity index (χ1) is 12.5. The number of benzene rings is 1. The number of rotatable bonds is 6. The lowest BCUT2D eigenvalue weighted by Crippen LogP contribution is -2.05. The molecule has 26 heavy (non-hydrogen) atoms. The van der Waals surface area contributed by atoms with E-state index in [9.17, 15) is 13.6 Å². The normalized spacial score (nSPS) is 15.2. The van der Waals surface area contributed by atoms with Crippen LogP contribution in [0.2, 0.25) is 0 Å². The topological polar surface area (TPSA) is 66.4 Å². The van der Waals surface area contributed by atoms with Gasteiger partial charge in [-0.05, 0) is 35.2 Å². The first kappa shape index (κ1) is 17.9. The second kappa shape index (κ2) is 7.52. The van der Waals surface area contributed by atoms with Crippen LogP contribution in [0, 0.1) is 0 Å². The Morgan fingerprint density at radius 3 is 2.46 bits per heavy atom. The third kappa shape index (κ3) is 3.67. The molecule has 1 aromatic carbocycles. The summed E-state index contributed by atoms with van der Waals surface area (Å²) < 4.78 is 44.9. The molecule has 3 rings (SSSR count). The zero-order valence-corrected chi connectivity index (χ0v) is 14.5. The zero-order valence-electron chi connectivity index (χ0n) is 13.7. The van der Waals surface area contributed by atoms with Crippen molar-refractivity contribution in [3.05, 3.63) is 45.8 Å². The van der Waals surface area contributed by atoms with Crippen LogP contribution in [0.15, 0.2) is 40.3 Å². The van der Waals surface area contributed by atoms with Crippen molar-refractivity contribution in [3.63, 3.8) is 0 Å². The quantitative estimate of drug-likeness (QED) is 0.564. The van der Waals surface area contributed by atoms with Gasteiger partial charge in [0.15, 0.2) is 17.2 Å². The highest BCUT2D eigenvalue weighted by atomic mass is 32.1. The maximum absolute atomic E-state index is 12.6. The SMILES string of the molecule is COc1cc(/C=C2\N=C(c3cccs3)OC2=O)cc(OC)c1OC(F)F. The number of alkyl halides is 2. The van der Waals surface area contributed by atoms with E-state index < -0.39 is 12.6 Å². The number of halogens is 2. The van der Waals surface area contributed by atoms with E-state index in [1.807, 2.05) is 11.4 Å². The molecule has 0 N–H and O–H groups in total. The van der Waals surface area contributed by atoms with Crippen LogP contribution >= 0.6 is 11.3 Å². The summed E-state index contributed by atoms with van der Waals surface area (Å²) in [6, 6.07) is 6.45. The number of carbonyl (C=O) groups excluding carboxylic acids is 1. The van der Waals surface area contributed by atoms with E-state index in [4.69, 9.17) is 14.2 Å². The van der Waals surface area contributed by atoms with Crippen molar-refractivity contribution in [2.24, 2.45) is 4.99 Å². The summed E-state index contributed by atoms with van der Waals surface area (Å²) >= 11 is 1.39. The molecule has 2 heterocycles. The lowest BCUT2D eigenvalue weighted by molar-refractivity contribution is -0.129. The predicted molar refractivity (Wildman–Crippen MR) is 91.1 cm³/mol. The Labute approximate surface area is 151 Å². The van der Waals surface area contributed by atoms with Crippen molar-refractivity contribution in [2.75, 3.05) is 14.2 Å². The lowest BCUT2D eigenvalue weighted by atomic mass is 10.1. The average molecular weight is 381 g/mol. The van der Waals surface area contributed by atoms with E-state index in [1.54, 1.807) is 6.07 Å². The van der Waals surface area contributed by atoms with E-state index >= 15 is 0 Å². The standard InChI is InChI=1S/C17H13F2NO5S/c1-22-11-7-9(8-12(23-2)14(11)24-17(18)19)6-10-16(21)25-15(20-10)13-4-3-5-26-13/h3-8,17H,1-2H3/b10-6-. The molecule has 136 valence electrons. The monoisotopic (exact) mass is 381 g/mol. The molecule has 2 aromatic rings. The Bertz CT molecular complexity index is 852. The van der Waals surface area contributed by atoms with Gasteiger partial charge in [-0.2, -0.15) is 8.78 Å². The van der Waals surface area contributed by atoms with Gasteiger partial charge < -0.3 is 18.9 Å². The zero-order chi connectivity index (χ0) is 18.7. The van der Waals surface area contributed by atoms with Crippen LogP contribution in [0.1, 0.15) is 10.4 Å². The summed E-state index contributed by atoms with van der Waals surface area (Å²) in [5.74, 6) is -0.563. The number of methoxy groups -OCH3 is 2. The van der Waals surface area contributed by atoms with E-state index in [0.717, 1.165) is 4.88 Å². The van der Waals surface area contributed by atoms with Crippen molar-refractivity contribution in [3.8, 4) is 17.2 Å². The van der Waals surface area contributed by atoms with Gasteiger partial charge in [-0.25, -0.2) is 9.79 Å². The molecule has 9 heteroatoms. The molecule has 0 saturated heterocycles. The number of hydrogen-bond donors (Lipinski definition) is 0. The summed E-state index contributed by atoms with van der Waals surface area (Å²) in [6.45, 7) is -3.04.